The summed E-state index contributed by atoms with van der Waals surface area (Å²) in [5.74, 6) is 0.348. The molecule has 29 heavy (non-hydrogen) atoms. The summed E-state index contributed by atoms with van der Waals surface area (Å²) in [4.78, 5) is 22.8. The van der Waals surface area contributed by atoms with Crippen LogP contribution in [0, 0.1) is 20.8 Å². The van der Waals surface area contributed by atoms with Crippen molar-refractivity contribution in [1.82, 2.24) is 9.97 Å². The van der Waals surface area contributed by atoms with Crippen LogP contribution in [0.2, 0.25) is 0 Å². The molecule has 2 aromatic heterocycles. The van der Waals surface area contributed by atoms with Crippen molar-refractivity contribution in [2.24, 2.45) is 0 Å². The van der Waals surface area contributed by atoms with Gasteiger partial charge in [-0.2, -0.15) is 0 Å². The van der Waals surface area contributed by atoms with E-state index in [1.807, 2.05) is 43.3 Å². The fraction of sp³-hybridized carbons (Fsp3) is 0.174. The minimum Gasteiger partial charge on any atom is -0.457 e. The second-order valence-corrected chi connectivity index (χ2v) is 7.94. The number of carbonyl (C=O) groups is 1. The third-order valence-corrected chi connectivity index (χ3v) is 6.07. The smallest absolute Gasteiger partial charge is 0.349 e. The molecule has 1 N–H and O–H groups in total. The van der Waals surface area contributed by atoms with Gasteiger partial charge in [0.2, 0.25) is 0 Å². The van der Waals surface area contributed by atoms with Crippen molar-refractivity contribution in [3.05, 3.63) is 82.0 Å². The zero-order valence-electron chi connectivity index (χ0n) is 16.5. The molecular formula is C23H21N3O2S. The number of hydrogen-bond donors (Lipinski definition) is 1. The molecule has 0 spiro atoms. The van der Waals surface area contributed by atoms with E-state index in [-0.39, 0.29) is 12.6 Å². The van der Waals surface area contributed by atoms with Gasteiger partial charge in [-0.15, -0.1) is 11.3 Å². The van der Waals surface area contributed by atoms with Gasteiger partial charge in [-0.3, -0.25) is 0 Å². The van der Waals surface area contributed by atoms with Crippen LogP contribution >= 0.6 is 11.3 Å². The van der Waals surface area contributed by atoms with Crippen molar-refractivity contribution in [1.29, 1.82) is 0 Å². The predicted octanol–water partition coefficient (Wildman–Crippen LogP) is 5.72. The lowest BCUT2D eigenvalue weighted by Crippen LogP contribution is -2.04. The number of esters is 1. The molecule has 2 heterocycles. The average Bonchev–Trinajstić information content (AvgIpc) is 3.07. The zero-order chi connectivity index (χ0) is 20.4. The number of hydrogen-bond acceptors (Lipinski definition) is 6. The monoisotopic (exact) mass is 403 g/mol. The number of anilines is 2. The number of rotatable bonds is 5. The van der Waals surface area contributed by atoms with E-state index in [2.05, 4.69) is 41.3 Å². The van der Waals surface area contributed by atoms with Gasteiger partial charge < -0.3 is 10.1 Å². The summed E-state index contributed by atoms with van der Waals surface area (Å²) in [7, 11) is 0. The molecule has 0 saturated heterocycles. The third-order valence-electron chi connectivity index (χ3n) is 4.89. The van der Waals surface area contributed by atoms with Crippen LogP contribution in [0.4, 0.5) is 11.5 Å². The van der Waals surface area contributed by atoms with Crippen LogP contribution in [0.1, 0.15) is 31.9 Å². The molecule has 6 heteroatoms. The van der Waals surface area contributed by atoms with Gasteiger partial charge in [-0.1, -0.05) is 36.4 Å². The molecule has 0 radical (unpaired) electrons. The highest BCUT2D eigenvalue weighted by atomic mass is 32.1. The average molecular weight is 404 g/mol. The molecule has 0 atom stereocenters. The topological polar surface area (TPSA) is 64.1 Å². The molecule has 0 aliphatic rings. The summed E-state index contributed by atoms with van der Waals surface area (Å²) in [5.41, 5.74) is 5.17. The number of thiophene rings is 1. The normalized spacial score (nSPS) is 10.9. The molecule has 0 saturated carbocycles. The zero-order valence-corrected chi connectivity index (χ0v) is 17.3. The molecule has 0 bridgehead atoms. The van der Waals surface area contributed by atoms with E-state index in [1.165, 1.54) is 28.8 Å². The van der Waals surface area contributed by atoms with E-state index in [1.54, 1.807) is 0 Å². The molecule has 5 nitrogen and oxygen atoms in total. The van der Waals surface area contributed by atoms with Gasteiger partial charge >= 0.3 is 5.97 Å². The van der Waals surface area contributed by atoms with Crippen LogP contribution in [-0.2, 0) is 11.3 Å². The Hall–Kier alpha value is -3.25. The second-order valence-electron chi connectivity index (χ2n) is 6.94. The van der Waals surface area contributed by atoms with E-state index < -0.39 is 0 Å². The standard InChI is InChI=1S/C23H21N3O2S/c1-14-9-10-18(11-15(14)2)26-21-19-16(3)20(29-22(19)25-13-24-21)23(27)28-12-17-7-5-4-6-8-17/h4-11,13H,12H2,1-3H3,(H,24,25,26). The van der Waals surface area contributed by atoms with Gasteiger partial charge in [0.25, 0.3) is 0 Å². The van der Waals surface area contributed by atoms with Crippen molar-refractivity contribution in [2.75, 3.05) is 5.32 Å². The van der Waals surface area contributed by atoms with Crippen molar-refractivity contribution < 1.29 is 9.53 Å². The first-order valence-corrected chi connectivity index (χ1v) is 10.1. The first kappa shape index (κ1) is 19.1. The maximum Gasteiger partial charge on any atom is 0.349 e. The molecule has 0 aliphatic carbocycles. The Morgan fingerprint density at radius 1 is 1.03 bits per heavy atom. The Bertz CT molecular complexity index is 1190. The van der Waals surface area contributed by atoms with Gasteiger partial charge in [-0.25, -0.2) is 14.8 Å². The Kier molecular flexibility index (Phi) is 5.27. The third kappa shape index (κ3) is 3.98. The molecule has 0 unspecified atom stereocenters. The van der Waals surface area contributed by atoms with Crippen LogP contribution in [0.5, 0.6) is 0 Å². The van der Waals surface area contributed by atoms with Gasteiger partial charge in [0.05, 0.1) is 5.39 Å². The molecule has 4 aromatic rings. The number of carbonyl (C=O) groups excluding carboxylic acids is 1. The van der Waals surface area contributed by atoms with E-state index in [0.717, 1.165) is 27.0 Å². The first-order chi connectivity index (χ1) is 14.0. The number of benzene rings is 2. The SMILES string of the molecule is Cc1ccc(Nc2ncnc3sc(C(=O)OCc4ccccc4)c(C)c23)cc1C. The molecule has 0 amide bonds. The Morgan fingerprint density at radius 2 is 1.83 bits per heavy atom. The van der Waals surface area contributed by atoms with Gasteiger partial charge in [-0.05, 0) is 55.2 Å². The van der Waals surface area contributed by atoms with Crippen LogP contribution in [0.15, 0.2) is 54.9 Å². The van der Waals surface area contributed by atoms with E-state index in [9.17, 15) is 4.79 Å². The first-order valence-electron chi connectivity index (χ1n) is 9.32. The van der Waals surface area contributed by atoms with Crippen molar-refractivity contribution >= 4 is 39.0 Å². The molecule has 0 aliphatic heterocycles. The largest absolute Gasteiger partial charge is 0.457 e. The van der Waals surface area contributed by atoms with Crippen LogP contribution in [0.25, 0.3) is 10.2 Å². The van der Waals surface area contributed by atoms with E-state index in [4.69, 9.17) is 4.74 Å². The molecular weight excluding hydrogens is 382 g/mol. The Morgan fingerprint density at radius 3 is 2.59 bits per heavy atom. The summed E-state index contributed by atoms with van der Waals surface area (Å²) in [5, 5.41) is 4.22. The number of fused-ring (bicyclic) bond motifs is 1. The number of aryl methyl sites for hydroxylation is 3. The van der Waals surface area contributed by atoms with Crippen molar-refractivity contribution in [2.45, 2.75) is 27.4 Å². The van der Waals surface area contributed by atoms with E-state index >= 15 is 0 Å². The highest BCUT2D eigenvalue weighted by Gasteiger charge is 2.20. The maximum absolute atomic E-state index is 12.7. The molecule has 4 rings (SSSR count). The summed E-state index contributed by atoms with van der Waals surface area (Å²) in [6.45, 7) is 6.31. The fourth-order valence-corrected chi connectivity index (χ4v) is 4.15. The van der Waals surface area contributed by atoms with Crippen molar-refractivity contribution in [3.63, 3.8) is 0 Å². The predicted molar refractivity (Wildman–Crippen MR) is 117 cm³/mol. The minimum absolute atomic E-state index is 0.243. The summed E-state index contributed by atoms with van der Waals surface area (Å²) < 4.78 is 5.51. The molecule has 0 fully saturated rings. The van der Waals surface area contributed by atoms with Gasteiger partial charge in [0.1, 0.15) is 28.5 Å². The summed E-state index contributed by atoms with van der Waals surface area (Å²) in [6.07, 6.45) is 1.51. The highest BCUT2D eigenvalue weighted by Crippen LogP contribution is 2.35. The minimum atomic E-state index is -0.341. The number of nitrogens with one attached hydrogen (secondary N) is 1. The lowest BCUT2D eigenvalue weighted by Gasteiger charge is -2.09. The lowest BCUT2D eigenvalue weighted by molar-refractivity contribution is 0.0478. The summed E-state index contributed by atoms with van der Waals surface area (Å²) >= 11 is 1.33. The fourth-order valence-electron chi connectivity index (χ4n) is 3.11. The Labute approximate surface area is 173 Å². The summed E-state index contributed by atoms with van der Waals surface area (Å²) in [6, 6.07) is 15.8. The van der Waals surface area contributed by atoms with Gasteiger partial charge in [0.15, 0.2) is 0 Å². The van der Waals surface area contributed by atoms with Crippen LogP contribution in [-0.4, -0.2) is 15.9 Å². The molecule has 2 aromatic carbocycles. The second kappa shape index (κ2) is 8.01. The lowest BCUT2D eigenvalue weighted by atomic mass is 10.1. The quantitative estimate of drug-likeness (QED) is 0.432. The highest BCUT2D eigenvalue weighted by molar-refractivity contribution is 7.20. The van der Waals surface area contributed by atoms with Crippen LogP contribution in [0.3, 0.4) is 0 Å². The van der Waals surface area contributed by atoms with Crippen LogP contribution < -0.4 is 5.32 Å². The Balaban J connectivity index is 1.62. The van der Waals surface area contributed by atoms with Gasteiger partial charge in [0, 0.05) is 5.69 Å². The number of aromatic nitrogens is 2. The van der Waals surface area contributed by atoms with Crippen molar-refractivity contribution in [3.8, 4) is 0 Å². The number of ether oxygens (including phenoxy) is 1. The number of nitrogens with zero attached hydrogens (tertiary/aromatic N) is 2. The molecule has 146 valence electrons. The maximum atomic E-state index is 12.7. The van der Waals surface area contributed by atoms with E-state index in [0.29, 0.717) is 10.7 Å².